The number of carbonyl (C=O) groups is 1. The molecule has 0 spiro atoms. The standard InChI is InChI=1S/C25H32N4O3S/c1-3-28(4-2)22(19-11-7-5-8-12-19)18-26-25(30)20-14-15-21-23(17-20)33(31,32)27-24-13-9-6-10-16-29(21)24/h5,7-8,11-12,14-15,17,22H,3-4,6,9-10,13,16,18H2,1-2H3,(H,26,30). The average molecular weight is 469 g/mol. The molecule has 2 aliphatic heterocycles. The third-order valence-corrected chi connectivity index (χ3v) is 7.84. The SMILES string of the molecule is CCN(CC)C(CNC(=O)c1ccc2c(c1)S(=O)(=O)N=C1CCCCCN12)c1ccccc1. The number of hydrogen-bond acceptors (Lipinski definition) is 5. The molecule has 2 aromatic rings. The van der Waals surface area contributed by atoms with Crippen LogP contribution in [0.2, 0.25) is 0 Å². The Balaban J connectivity index is 1.56. The maximum Gasteiger partial charge on any atom is 0.286 e. The zero-order valence-electron chi connectivity index (χ0n) is 19.3. The normalized spacial score (nSPS) is 18.0. The third kappa shape index (κ3) is 4.96. The minimum absolute atomic E-state index is 0.0377. The molecule has 1 unspecified atom stereocenters. The van der Waals surface area contributed by atoms with E-state index in [2.05, 4.69) is 40.6 Å². The Bertz CT molecular complexity index is 1130. The fraction of sp³-hybridized carbons (Fsp3) is 0.440. The van der Waals surface area contributed by atoms with Crippen LogP contribution in [0.1, 0.15) is 61.5 Å². The molecular formula is C25H32N4O3S. The number of likely N-dealkylation sites (N-methyl/N-ethyl adjacent to an activating group) is 1. The van der Waals surface area contributed by atoms with Crippen molar-refractivity contribution in [3.05, 3.63) is 59.7 Å². The molecule has 8 heteroatoms. The highest BCUT2D eigenvalue weighted by atomic mass is 32.2. The van der Waals surface area contributed by atoms with Gasteiger partial charge in [0, 0.05) is 25.1 Å². The molecule has 0 bridgehead atoms. The lowest BCUT2D eigenvalue weighted by molar-refractivity contribution is 0.0934. The summed E-state index contributed by atoms with van der Waals surface area (Å²) >= 11 is 0. The summed E-state index contributed by atoms with van der Waals surface area (Å²) in [7, 11) is -3.82. The number of rotatable bonds is 7. The lowest BCUT2D eigenvalue weighted by atomic mass is 10.0. The van der Waals surface area contributed by atoms with E-state index in [0.29, 0.717) is 30.1 Å². The van der Waals surface area contributed by atoms with Gasteiger partial charge in [0.1, 0.15) is 10.7 Å². The summed E-state index contributed by atoms with van der Waals surface area (Å²) in [6.07, 6.45) is 3.65. The highest BCUT2D eigenvalue weighted by molar-refractivity contribution is 7.90. The average Bonchev–Trinajstić information content (AvgIpc) is 3.07. The lowest BCUT2D eigenvalue weighted by Crippen LogP contribution is -2.38. The molecule has 0 radical (unpaired) electrons. The topological polar surface area (TPSA) is 82.1 Å². The second-order valence-electron chi connectivity index (χ2n) is 8.49. The summed E-state index contributed by atoms with van der Waals surface area (Å²) in [5.41, 5.74) is 2.10. The molecule has 7 nitrogen and oxygen atoms in total. The maximum atomic E-state index is 13.0. The number of sulfonamides is 1. The van der Waals surface area contributed by atoms with E-state index in [1.54, 1.807) is 12.1 Å². The molecule has 4 rings (SSSR count). The molecule has 176 valence electrons. The molecule has 1 atom stereocenters. The minimum atomic E-state index is -3.82. The zero-order valence-corrected chi connectivity index (χ0v) is 20.1. The molecule has 1 saturated heterocycles. The van der Waals surface area contributed by atoms with Gasteiger partial charge in [-0.05, 0) is 49.7 Å². The first-order valence-corrected chi connectivity index (χ1v) is 13.2. The molecule has 1 N–H and O–H groups in total. The first-order chi connectivity index (χ1) is 15.9. The Hall–Kier alpha value is -2.71. The van der Waals surface area contributed by atoms with Crippen molar-refractivity contribution < 1.29 is 13.2 Å². The van der Waals surface area contributed by atoms with Crippen molar-refractivity contribution in [2.24, 2.45) is 4.40 Å². The number of amidine groups is 1. The first kappa shape index (κ1) is 23.4. The van der Waals surface area contributed by atoms with Crippen molar-refractivity contribution >= 4 is 27.5 Å². The van der Waals surface area contributed by atoms with Crippen molar-refractivity contribution in [3.8, 4) is 0 Å². The van der Waals surface area contributed by atoms with E-state index in [1.807, 2.05) is 23.1 Å². The van der Waals surface area contributed by atoms with Gasteiger partial charge in [0.15, 0.2) is 0 Å². The van der Waals surface area contributed by atoms with E-state index in [9.17, 15) is 13.2 Å². The van der Waals surface area contributed by atoms with Gasteiger partial charge < -0.3 is 10.2 Å². The van der Waals surface area contributed by atoms with Crippen LogP contribution >= 0.6 is 0 Å². The van der Waals surface area contributed by atoms with Crippen LogP contribution in [-0.2, 0) is 10.0 Å². The van der Waals surface area contributed by atoms with Gasteiger partial charge in [-0.15, -0.1) is 4.40 Å². The maximum absolute atomic E-state index is 13.0. The molecule has 33 heavy (non-hydrogen) atoms. The lowest BCUT2D eigenvalue weighted by Gasteiger charge is -2.31. The summed E-state index contributed by atoms with van der Waals surface area (Å²) < 4.78 is 29.8. The monoisotopic (exact) mass is 468 g/mol. The van der Waals surface area contributed by atoms with E-state index in [-0.39, 0.29) is 16.8 Å². The van der Waals surface area contributed by atoms with E-state index in [4.69, 9.17) is 0 Å². The second kappa shape index (κ2) is 10.1. The van der Waals surface area contributed by atoms with Crippen LogP contribution in [0.3, 0.4) is 0 Å². The number of fused-ring (bicyclic) bond motifs is 3. The number of hydrogen-bond donors (Lipinski definition) is 1. The summed E-state index contributed by atoms with van der Waals surface area (Å²) in [6.45, 7) is 7.11. The Morgan fingerprint density at radius 2 is 1.85 bits per heavy atom. The fourth-order valence-electron chi connectivity index (χ4n) is 4.71. The van der Waals surface area contributed by atoms with Gasteiger partial charge in [-0.2, -0.15) is 8.42 Å². The van der Waals surface area contributed by atoms with Crippen LogP contribution in [0.15, 0.2) is 57.8 Å². The van der Waals surface area contributed by atoms with E-state index in [1.165, 1.54) is 6.07 Å². The van der Waals surface area contributed by atoms with Gasteiger partial charge in [0.05, 0.1) is 11.7 Å². The van der Waals surface area contributed by atoms with Crippen molar-refractivity contribution in [2.75, 3.05) is 31.1 Å². The Morgan fingerprint density at radius 1 is 1.09 bits per heavy atom. The van der Waals surface area contributed by atoms with Crippen LogP contribution in [0.4, 0.5) is 5.69 Å². The van der Waals surface area contributed by atoms with Gasteiger partial charge >= 0.3 is 0 Å². The second-order valence-corrected chi connectivity index (χ2v) is 10.1. The number of amides is 1. The van der Waals surface area contributed by atoms with Gasteiger partial charge in [-0.25, -0.2) is 0 Å². The predicted octanol–water partition coefficient (Wildman–Crippen LogP) is 3.98. The van der Waals surface area contributed by atoms with Crippen LogP contribution in [0.5, 0.6) is 0 Å². The van der Waals surface area contributed by atoms with Crippen molar-refractivity contribution in [3.63, 3.8) is 0 Å². The molecule has 2 heterocycles. The van der Waals surface area contributed by atoms with Crippen LogP contribution in [-0.4, -0.2) is 51.2 Å². The molecule has 0 aromatic heterocycles. The zero-order chi connectivity index (χ0) is 23.4. The Labute approximate surface area is 196 Å². The third-order valence-electron chi connectivity index (χ3n) is 6.50. The summed E-state index contributed by atoms with van der Waals surface area (Å²) in [5.74, 6) is 0.328. The largest absolute Gasteiger partial charge is 0.350 e. The summed E-state index contributed by atoms with van der Waals surface area (Å²) in [5, 5.41) is 3.02. The number of anilines is 1. The van der Waals surface area contributed by atoms with Crippen LogP contribution in [0.25, 0.3) is 0 Å². The number of carbonyl (C=O) groups excluding carboxylic acids is 1. The minimum Gasteiger partial charge on any atom is -0.350 e. The Kier molecular flexibility index (Phi) is 7.14. The molecule has 2 aliphatic rings. The van der Waals surface area contributed by atoms with Crippen LogP contribution < -0.4 is 10.2 Å². The quantitative estimate of drug-likeness (QED) is 0.665. The summed E-state index contributed by atoms with van der Waals surface area (Å²) in [6, 6.07) is 15.1. The van der Waals surface area contributed by atoms with E-state index in [0.717, 1.165) is 44.5 Å². The number of benzene rings is 2. The molecule has 2 aromatic carbocycles. The van der Waals surface area contributed by atoms with Gasteiger partial charge in [-0.3, -0.25) is 9.69 Å². The fourth-order valence-corrected chi connectivity index (χ4v) is 5.99. The van der Waals surface area contributed by atoms with Gasteiger partial charge in [0.2, 0.25) is 0 Å². The number of nitrogens with zero attached hydrogens (tertiary/aromatic N) is 3. The first-order valence-electron chi connectivity index (χ1n) is 11.8. The van der Waals surface area contributed by atoms with Crippen molar-refractivity contribution in [2.45, 2.75) is 50.5 Å². The predicted molar refractivity (Wildman–Crippen MR) is 131 cm³/mol. The molecule has 1 amide bonds. The molecule has 0 aliphatic carbocycles. The molecule has 0 saturated carbocycles. The highest BCUT2D eigenvalue weighted by Gasteiger charge is 2.32. The van der Waals surface area contributed by atoms with Crippen molar-refractivity contribution in [1.82, 2.24) is 10.2 Å². The summed E-state index contributed by atoms with van der Waals surface area (Å²) in [4.78, 5) is 17.4. The van der Waals surface area contributed by atoms with Crippen LogP contribution in [0, 0.1) is 0 Å². The number of nitrogens with one attached hydrogen (secondary N) is 1. The van der Waals surface area contributed by atoms with Gasteiger partial charge in [0.25, 0.3) is 15.9 Å². The van der Waals surface area contributed by atoms with Crippen molar-refractivity contribution in [1.29, 1.82) is 0 Å². The van der Waals surface area contributed by atoms with E-state index >= 15 is 0 Å². The van der Waals surface area contributed by atoms with Gasteiger partial charge in [-0.1, -0.05) is 50.6 Å². The molecule has 1 fully saturated rings. The molecular weight excluding hydrogens is 436 g/mol. The smallest absolute Gasteiger partial charge is 0.286 e. The van der Waals surface area contributed by atoms with E-state index < -0.39 is 10.0 Å². The Morgan fingerprint density at radius 3 is 2.58 bits per heavy atom. The highest BCUT2D eigenvalue weighted by Crippen LogP contribution is 2.35.